The van der Waals surface area contributed by atoms with Crippen LogP contribution in [-0.2, 0) is 0 Å². The molecule has 4 heteroatoms. The van der Waals surface area contributed by atoms with Gasteiger partial charge in [-0.25, -0.2) is 4.99 Å². The standard InChI is InChI=1S/C13H11N3S/c1-10-7-8-16-12(9-10)15-17-13(16)14-11-5-3-2-4-6-11/h2-9H,1H3. The topological polar surface area (TPSA) is 29.7 Å². The van der Waals surface area contributed by atoms with E-state index in [-0.39, 0.29) is 0 Å². The molecule has 0 saturated carbocycles. The highest BCUT2D eigenvalue weighted by Gasteiger charge is 1.98. The Kier molecular flexibility index (Phi) is 2.49. The molecule has 0 bridgehead atoms. The van der Waals surface area contributed by atoms with Crippen molar-refractivity contribution in [1.82, 2.24) is 8.77 Å². The first-order valence-electron chi connectivity index (χ1n) is 5.37. The summed E-state index contributed by atoms with van der Waals surface area (Å²) in [7, 11) is 0. The fourth-order valence-electron chi connectivity index (χ4n) is 1.64. The lowest BCUT2D eigenvalue weighted by Crippen LogP contribution is -2.05. The summed E-state index contributed by atoms with van der Waals surface area (Å²) in [5.41, 5.74) is 3.11. The number of aryl methyl sites for hydroxylation is 1. The molecule has 0 saturated heterocycles. The highest BCUT2D eigenvalue weighted by Crippen LogP contribution is 2.09. The van der Waals surface area contributed by atoms with Crippen molar-refractivity contribution in [3.8, 4) is 0 Å². The van der Waals surface area contributed by atoms with E-state index in [0.717, 1.165) is 16.1 Å². The lowest BCUT2D eigenvalue weighted by molar-refractivity contribution is 1.08. The fraction of sp³-hybridized carbons (Fsp3) is 0.0769. The predicted molar refractivity (Wildman–Crippen MR) is 69.5 cm³/mol. The number of rotatable bonds is 1. The van der Waals surface area contributed by atoms with Crippen LogP contribution in [-0.4, -0.2) is 8.77 Å². The molecule has 84 valence electrons. The lowest BCUT2D eigenvalue weighted by Gasteiger charge is -1.94. The molecule has 17 heavy (non-hydrogen) atoms. The van der Waals surface area contributed by atoms with Gasteiger partial charge in [0.15, 0.2) is 5.65 Å². The van der Waals surface area contributed by atoms with Crippen molar-refractivity contribution < 1.29 is 0 Å². The van der Waals surface area contributed by atoms with Gasteiger partial charge < -0.3 is 0 Å². The number of hydrogen-bond acceptors (Lipinski definition) is 3. The third-order valence-corrected chi connectivity index (χ3v) is 3.23. The van der Waals surface area contributed by atoms with Gasteiger partial charge in [0.05, 0.1) is 5.69 Å². The molecule has 0 aliphatic heterocycles. The molecular formula is C13H11N3S. The molecule has 0 amide bonds. The lowest BCUT2D eigenvalue weighted by atomic mass is 10.3. The van der Waals surface area contributed by atoms with Gasteiger partial charge in [-0.2, -0.15) is 4.37 Å². The largest absolute Gasteiger partial charge is 0.275 e. The van der Waals surface area contributed by atoms with Gasteiger partial charge in [0, 0.05) is 17.7 Å². The Morgan fingerprint density at radius 3 is 2.82 bits per heavy atom. The summed E-state index contributed by atoms with van der Waals surface area (Å²) in [6.45, 7) is 2.06. The van der Waals surface area contributed by atoms with E-state index in [1.165, 1.54) is 17.1 Å². The van der Waals surface area contributed by atoms with Crippen molar-refractivity contribution >= 4 is 22.9 Å². The molecule has 3 aromatic rings. The summed E-state index contributed by atoms with van der Waals surface area (Å²) in [6, 6.07) is 14.0. The Balaban J connectivity index is 2.22. The zero-order valence-corrected chi connectivity index (χ0v) is 10.2. The van der Waals surface area contributed by atoms with Gasteiger partial charge in [-0.1, -0.05) is 18.2 Å². The van der Waals surface area contributed by atoms with Crippen LogP contribution in [0.1, 0.15) is 5.56 Å². The van der Waals surface area contributed by atoms with Gasteiger partial charge in [-0.05, 0) is 36.8 Å². The van der Waals surface area contributed by atoms with E-state index in [1.54, 1.807) is 0 Å². The average Bonchev–Trinajstić information content (AvgIpc) is 2.73. The van der Waals surface area contributed by atoms with Crippen LogP contribution in [0.15, 0.2) is 53.7 Å². The van der Waals surface area contributed by atoms with Gasteiger partial charge in [-0.3, -0.25) is 4.40 Å². The van der Waals surface area contributed by atoms with E-state index >= 15 is 0 Å². The van der Waals surface area contributed by atoms with Crippen molar-refractivity contribution in [3.05, 3.63) is 59.0 Å². The number of hydrogen-bond donors (Lipinski definition) is 0. The fourth-order valence-corrected chi connectivity index (χ4v) is 2.35. The molecule has 0 aliphatic carbocycles. The van der Waals surface area contributed by atoms with E-state index in [4.69, 9.17) is 0 Å². The Labute approximate surface area is 103 Å². The monoisotopic (exact) mass is 241 g/mol. The quantitative estimate of drug-likeness (QED) is 0.644. The molecule has 2 aromatic heterocycles. The van der Waals surface area contributed by atoms with Crippen LogP contribution in [0.4, 0.5) is 5.69 Å². The molecule has 0 radical (unpaired) electrons. The van der Waals surface area contributed by atoms with Crippen molar-refractivity contribution in [1.29, 1.82) is 0 Å². The van der Waals surface area contributed by atoms with E-state index in [2.05, 4.69) is 28.4 Å². The van der Waals surface area contributed by atoms with Crippen LogP contribution >= 0.6 is 11.5 Å². The number of fused-ring (bicyclic) bond motifs is 1. The number of aromatic nitrogens is 2. The summed E-state index contributed by atoms with van der Waals surface area (Å²) in [6.07, 6.45) is 2.01. The van der Waals surface area contributed by atoms with Crippen molar-refractivity contribution in [2.45, 2.75) is 6.92 Å². The smallest absolute Gasteiger partial charge is 0.213 e. The van der Waals surface area contributed by atoms with Crippen LogP contribution in [0.3, 0.4) is 0 Å². The molecule has 0 unspecified atom stereocenters. The summed E-state index contributed by atoms with van der Waals surface area (Å²) in [5.74, 6) is 0. The second-order valence-electron chi connectivity index (χ2n) is 3.84. The van der Waals surface area contributed by atoms with Crippen LogP contribution in [0.2, 0.25) is 0 Å². The van der Waals surface area contributed by atoms with Crippen molar-refractivity contribution in [3.63, 3.8) is 0 Å². The Morgan fingerprint density at radius 2 is 2.00 bits per heavy atom. The highest BCUT2D eigenvalue weighted by molar-refractivity contribution is 7.03. The third-order valence-electron chi connectivity index (χ3n) is 2.50. The zero-order chi connectivity index (χ0) is 11.7. The van der Waals surface area contributed by atoms with Gasteiger partial charge in [-0.15, -0.1) is 0 Å². The average molecular weight is 241 g/mol. The maximum absolute atomic E-state index is 4.58. The maximum atomic E-state index is 4.58. The minimum Gasteiger partial charge on any atom is -0.275 e. The van der Waals surface area contributed by atoms with E-state index in [0.29, 0.717) is 0 Å². The van der Waals surface area contributed by atoms with Crippen molar-refractivity contribution in [2.75, 3.05) is 0 Å². The molecular weight excluding hydrogens is 230 g/mol. The molecule has 0 spiro atoms. The maximum Gasteiger partial charge on any atom is 0.213 e. The van der Waals surface area contributed by atoms with Crippen LogP contribution in [0.25, 0.3) is 5.65 Å². The van der Waals surface area contributed by atoms with Gasteiger partial charge in [0.1, 0.15) is 0 Å². The van der Waals surface area contributed by atoms with E-state index < -0.39 is 0 Å². The van der Waals surface area contributed by atoms with Gasteiger partial charge in [0.2, 0.25) is 4.80 Å². The molecule has 3 nitrogen and oxygen atoms in total. The number of benzene rings is 1. The first-order valence-corrected chi connectivity index (χ1v) is 6.15. The molecule has 1 aromatic carbocycles. The first-order chi connectivity index (χ1) is 8.33. The molecule has 2 heterocycles. The molecule has 3 rings (SSSR count). The van der Waals surface area contributed by atoms with Crippen LogP contribution in [0.5, 0.6) is 0 Å². The summed E-state index contributed by atoms with van der Waals surface area (Å²) in [5, 5.41) is 0. The Bertz CT molecular complexity index is 710. The normalized spacial score (nSPS) is 12.2. The van der Waals surface area contributed by atoms with Crippen LogP contribution < -0.4 is 4.80 Å². The van der Waals surface area contributed by atoms with Crippen LogP contribution in [0, 0.1) is 6.92 Å². The van der Waals surface area contributed by atoms with E-state index in [9.17, 15) is 0 Å². The SMILES string of the molecule is Cc1ccn2c(=Nc3ccccc3)snc2c1. The second kappa shape index (κ2) is 4.14. The van der Waals surface area contributed by atoms with Gasteiger partial charge >= 0.3 is 0 Å². The Morgan fingerprint density at radius 1 is 1.18 bits per heavy atom. The van der Waals surface area contributed by atoms with Gasteiger partial charge in [0.25, 0.3) is 0 Å². The summed E-state index contributed by atoms with van der Waals surface area (Å²) >= 11 is 1.41. The molecule has 0 atom stereocenters. The minimum atomic E-state index is 0.895. The van der Waals surface area contributed by atoms with Crippen molar-refractivity contribution in [2.24, 2.45) is 4.99 Å². The third kappa shape index (κ3) is 1.99. The molecule has 0 N–H and O–H groups in total. The summed E-state index contributed by atoms with van der Waals surface area (Å²) < 4.78 is 6.39. The van der Waals surface area contributed by atoms with E-state index in [1.807, 2.05) is 40.9 Å². The predicted octanol–water partition coefficient (Wildman–Crippen LogP) is 2.94. The number of para-hydroxylation sites is 1. The zero-order valence-electron chi connectivity index (χ0n) is 9.37. The highest BCUT2D eigenvalue weighted by atomic mass is 32.1. The Hall–Kier alpha value is -1.94. The number of nitrogens with zero attached hydrogens (tertiary/aromatic N) is 3. The molecule has 0 fully saturated rings. The molecule has 0 aliphatic rings. The second-order valence-corrected chi connectivity index (χ2v) is 4.58. The first kappa shape index (κ1) is 10.2. The number of pyridine rings is 1. The minimum absolute atomic E-state index is 0.895. The summed E-state index contributed by atoms with van der Waals surface area (Å²) in [4.78, 5) is 5.47.